The molecule has 2 nitrogen and oxygen atoms in total. The van der Waals surface area contributed by atoms with Gasteiger partial charge in [0.25, 0.3) is 0 Å². The Hall–Kier alpha value is -0.0800. The van der Waals surface area contributed by atoms with E-state index in [9.17, 15) is 0 Å². The van der Waals surface area contributed by atoms with Gasteiger partial charge in [0.15, 0.2) is 0 Å². The van der Waals surface area contributed by atoms with Crippen LogP contribution in [0.4, 0.5) is 0 Å². The first kappa shape index (κ1) is 9.47. The van der Waals surface area contributed by atoms with Gasteiger partial charge in [0.05, 0.1) is 0 Å². The van der Waals surface area contributed by atoms with Gasteiger partial charge in [-0.25, -0.2) is 0 Å². The van der Waals surface area contributed by atoms with Crippen LogP contribution in [0.2, 0.25) is 0 Å². The Labute approximate surface area is 81.7 Å². The fourth-order valence-corrected chi connectivity index (χ4v) is 3.29. The van der Waals surface area contributed by atoms with Gasteiger partial charge in [-0.05, 0) is 46.6 Å². The minimum absolute atomic E-state index is 0.746. The predicted molar refractivity (Wildman–Crippen MR) is 55.9 cm³/mol. The zero-order valence-corrected chi connectivity index (χ0v) is 9.09. The molecule has 0 aromatic carbocycles. The summed E-state index contributed by atoms with van der Waals surface area (Å²) in [6.07, 6.45) is 5.60. The summed E-state index contributed by atoms with van der Waals surface area (Å²) in [5, 5.41) is 3.44. The van der Waals surface area contributed by atoms with Gasteiger partial charge in [-0.3, -0.25) is 4.90 Å². The van der Waals surface area contributed by atoms with E-state index in [0.29, 0.717) is 0 Å². The predicted octanol–water partition coefficient (Wildman–Crippen LogP) is 1.61. The molecule has 2 unspecified atom stereocenters. The molecule has 0 amide bonds. The molecule has 13 heavy (non-hydrogen) atoms. The Kier molecular flexibility index (Phi) is 2.61. The highest BCUT2D eigenvalue weighted by Crippen LogP contribution is 2.36. The van der Waals surface area contributed by atoms with E-state index >= 15 is 0 Å². The maximum Gasteiger partial charge on any atom is 0.0116 e. The van der Waals surface area contributed by atoms with Crippen molar-refractivity contribution in [3.05, 3.63) is 0 Å². The first-order valence-electron chi connectivity index (χ1n) is 5.67. The van der Waals surface area contributed by atoms with Crippen LogP contribution >= 0.6 is 0 Å². The number of hydrogen-bond donors (Lipinski definition) is 1. The Bertz CT molecular complexity index is 165. The minimum Gasteiger partial charge on any atom is -0.317 e. The van der Waals surface area contributed by atoms with Crippen molar-refractivity contribution in [2.24, 2.45) is 0 Å². The second-order valence-corrected chi connectivity index (χ2v) is 4.88. The summed E-state index contributed by atoms with van der Waals surface area (Å²) < 4.78 is 0. The molecule has 2 heterocycles. The van der Waals surface area contributed by atoms with Gasteiger partial charge < -0.3 is 5.32 Å². The SMILES string of the molecule is CNC1CC2CCC(C1)N2C(C)C. The summed E-state index contributed by atoms with van der Waals surface area (Å²) in [6, 6.07) is 3.27. The van der Waals surface area contributed by atoms with E-state index in [1.54, 1.807) is 0 Å². The lowest BCUT2D eigenvalue weighted by atomic mass is 9.96. The van der Waals surface area contributed by atoms with Crippen LogP contribution in [0.15, 0.2) is 0 Å². The van der Waals surface area contributed by atoms with E-state index in [0.717, 1.165) is 24.2 Å². The van der Waals surface area contributed by atoms with Crippen molar-refractivity contribution in [1.29, 1.82) is 0 Å². The highest BCUT2D eigenvalue weighted by molar-refractivity contribution is 4.98. The van der Waals surface area contributed by atoms with Crippen LogP contribution < -0.4 is 5.32 Å². The van der Waals surface area contributed by atoms with Crippen molar-refractivity contribution in [3.8, 4) is 0 Å². The van der Waals surface area contributed by atoms with Crippen molar-refractivity contribution >= 4 is 0 Å². The zero-order chi connectivity index (χ0) is 9.42. The van der Waals surface area contributed by atoms with Gasteiger partial charge >= 0.3 is 0 Å². The largest absolute Gasteiger partial charge is 0.317 e. The number of nitrogens with one attached hydrogen (secondary N) is 1. The van der Waals surface area contributed by atoms with E-state index in [2.05, 4.69) is 31.1 Å². The Morgan fingerprint density at radius 3 is 2.08 bits per heavy atom. The molecule has 2 rings (SSSR count). The number of fused-ring (bicyclic) bond motifs is 2. The lowest BCUT2D eigenvalue weighted by Gasteiger charge is -2.41. The van der Waals surface area contributed by atoms with Crippen LogP contribution in [0.5, 0.6) is 0 Å². The third kappa shape index (κ3) is 1.62. The maximum atomic E-state index is 3.44. The maximum absolute atomic E-state index is 3.44. The Morgan fingerprint density at radius 2 is 1.69 bits per heavy atom. The van der Waals surface area contributed by atoms with Crippen molar-refractivity contribution < 1.29 is 0 Å². The molecule has 2 saturated heterocycles. The molecule has 1 N–H and O–H groups in total. The zero-order valence-electron chi connectivity index (χ0n) is 9.09. The topological polar surface area (TPSA) is 15.3 Å². The lowest BCUT2D eigenvalue weighted by molar-refractivity contribution is 0.0870. The van der Waals surface area contributed by atoms with Crippen LogP contribution in [0.25, 0.3) is 0 Å². The second kappa shape index (κ2) is 3.58. The number of hydrogen-bond acceptors (Lipinski definition) is 2. The van der Waals surface area contributed by atoms with Gasteiger partial charge in [0.1, 0.15) is 0 Å². The minimum atomic E-state index is 0.746. The molecule has 0 radical (unpaired) electrons. The molecule has 2 aliphatic heterocycles. The van der Waals surface area contributed by atoms with E-state index < -0.39 is 0 Å². The molecule has 0 spiro atoms. The quantitative estimate of drug-likeness (QED) is 0.698. The van der Waals surface area contributed by atoms with Crippen molar-refractivity contribution in [2.75, 3.05) is 7.05 Å². The van der Waals surface area contributed by atoms with Gasteiger partial charge in [-0.15, -0.1) is 0 Å². The Balaban J connectivity index is 2.04. The third-order valence-corrected chi connectivity index (χ3v) is 3.79. The molecular weight excluding hydrogens is 160 g/mol. The monoisotopic (exact) mass is 182 g/mol. The number of nitrogens with zero attached hydrogens (tertiary/aromatic N) is 1. The third-order valence-electron chi connectivity index (χ3n) is 3.79. The summed E-state index contributed by atoms with van der Waals surface area (Å²) in [6.45, 7) is 4.68. The molecule has 0 aromatic rings. The van der Waals surface area contributed by atoms with Crippen LogP contribution in [0.1, 0.15) is 39.5 Å². The van der Waals surface area contributed by atoms with E-state index in [-0.39, 0.29) is 0 Å². The molecule has 2 fully saturated rings. The summed E-state index contributed by atoms with van der Waals surface area (Å²) in [4.78, 5) is 2.74. The molecule has 0 saturated carbocycles. The molecule has 2 heteroatoms. The molecular formula is C11H22N2. The average molecular weight is 182 g/mol. The lowest BCUT2D eigenvalue weighted by Crippen LogP contribution is -2.50. The van der Waals surface area contributed by atoms with Gasteiger partial charge in [-0.1, -0.05) is 0 Å². The van der Waals surface area contributed by atoms with Gasteiger partial charge in [-0.2, -0.15) is 0 Å². The fourth-order valence-electron chi connectivity index (χ4n) is 3.29. The van der Waals surface area contributed by atoms with E-state index in [1.807, 2.05) is 0 Å². The first-order chi connectivity index (χ1) is 6.22. The first-order valence-corrected chi connectivity index (χ1v) is 5.67. The van der Waals surface area contributed by atoms with Crippen LogP contribution in [-0.2, 0) is 0 Å². The summed E-state index contributed by atoms with van der Waals surface area (Å²) in [5.74, 6) is 0. The number of rotatable bonds is 2. The smallest absolute Gasteiger partial charge is 0.0116 e. The summed E-state index contributed by atoms with van der Waals surface area (Å²) in [5.41, 5.74) is 0. The fraction of sp³-hybridized carbons (Fsp3) is 1.00. The highest BCUT2D eigenvalue weighted by atomic mass is 15.2. The summed E-state index contributed by atoms with van der Waals surface area (Å²) >= 11 is 0. The average Bonchev–Trinajstić information content (AvgIpc) is 2.37. The molecule has 2 aliphatic rings. The van der Waals surface area contributed by atoms with Gasteiger partial charge in [0, 0.05) is 24.2 Å². The van der Waals surface area contributed by atoms with Crippen molar-refractivity contribution in [1.82, 2.24) is 10.2 Å². The highest BCUT2D eigenvalue weighted by Gasteiger charge is 2.40. The van der Waals surface area contributed by atoms with Crippen LogP contribution in [-0.4, -0.2) is 36.1 Å². The Morgan fingerprint density at radius 1 is 1.15 bits per heavy atom. The normalized spacial score (nSPS) is 40.2. The van der Waals surface area contributed by atoms with Gasteiger partial charge in [0.2, 0.25) is 0 Å². The molecule has 0 aliphatic carbocycles. The molecule has 2 atom stereocenters. The molecule has 0 aromatic heterocycles. The second-order valence-electron chi connectivity index (χ2n) is 4.88. The van der Waals surface area contributed by atoms with E-state index in [4.69, 9.17) is 0 Å². The van der Waals surface area contributed by atoms with Crippen molar-refractivity contribution in [3.63, 3.8) is 0 Å². The standard InChI is InChI=1S/C11H22N2/c1-8(2)13-10-4-5-11(13)7-9(6-10)12-3/h8-12H,4-7H2,1-3H3. The summed E-state index contributed by atoms with van der Waals surface area (Å²) in [7, 11) is 2.11. The van der Waals surface area contributed by atoms with Crippen LogP contribution in [0, 0.1) is 0 Å². The molecule has 2 bridgehead atoms. The molecule has 76 valence electrons. The number of piperidine rings is 1. The van der Waals surface area contributed by atoms with E-state index in [1.165, 1.54) is 25.7 Å². The van der Waals surface area contributed by atoms with Crippen molar-refractivity contribution in [2.45, 2.75) is 63.7 Å². The van der Waals surface area contributed by atoms with Crippen LogP contribution in [0.3, 0.4) is 0 Å².